The van der Waals surface area contributed by atoms with Crippen LogP contribution < -0.4 is 15.8 Å². The Bertz CT molecular complexity index is 695. The zero-order chi connectivity index (χ0) is 15.5. The van der Waals surface area contributed by atoms with Gasteiger partial charge >= 0.3 is 0 Å². The van der Waals surface area contributed by atoms with Crippen molar-refractivity contribution >= 4 is 17.2 Å². The molecule has 1 saturated heterocycles. The molecule has 0 aliphatic carbocycles. The number of anilines is 1. The van der Waals surface area contributed by atoms with E-state index in [4.69, 9.17) is 0 Å². The van der Waals surface area contributed by atoms with Crippen LogP contribution in [0.2, 0.25) is 0 Å². The second-order valence-electron chi connectivity index (χ2n) is 5.72. The third-order valence-corrected chi connectivity index (χ3v) is 4.89. The fourth-order valence-corrected chi connectivity index (χ4v) is 3.48. The van der Waals surface area contributed by atoms with Crippen LogP contribution in [0.5, 0.6) is 0 Å². The van der Waals surface area contributed by atoms with Crippen molar-refractivity contribution in [1.29, 1.82) is 0 Å². The molecule has 0 radical (unpaired) electrons. The molecule has 6 nitrogen and oxygen atoms in total. The molecule has 0 bridgehead atoms. The number of piperidine rings is 1. The highest BCUT2D eigenvalue weighted by atomic mass is 32.1. The fraction of sp³-hybridized carbons (Fsp3) is 0.533. The molecular formula is C15H21N5OS. The zero-order valence-electron chi connectivity index (χ0n) is 13.0. The monoisotopic (exact) mass is 319 g/mol. The van der Waals surface area contributed by atoms with Crippen LogP contribution in [0, 0.1) is 6.92 Å². The normalized spacial score (nSPS) is 18.6. The summed E-state index contributed by atoms with van der Waals surface area (Å²) in [5.74, 6) is 0.557. The van der Waals surface area contributed by atoms with Crippen LogP contribution in [0.1, 0.15) is 23.5 Å². The van der Waals surface area contributed by atoms with Gasteiger partial charge in [0.15, 0.2) is 5.82 Å². The van der Waals surface area contributed by atoms with Crippen LogP contribution in [-0.2, 0) is 13.6 Å². The fourth-order valence-electron chi connectivity index (χ4n) is 2.75. The Labute approximate surface area is 133 Å². The molecule has 0 aromatic carbocycles. The van der Waals surface area contributed by atoms with Crippen LogP contribution in [0.3, 0.4) is 0 Å². The van der Waals surface area contributed by atoms with Crippen molar-refractivity contribution in [3.63, 3.8) is 0 Å². The van der Waals surface area contributed by atoms with Gasteiger partial charge in [-0.2, -0.15) is 0 Å². The summed E-state index contributed by atoms with van der Waals surface area (Å²) in [5.41, 5.74) is 1.04. The summed E-state index contributed by atoms with van der Waals surface area (Å²) in [6.07, 6.45) is 5.56. The Balaban J connectivity index is 1.64. The van der Waals surface area contributed by atoms with Crippen LogP contribution in [-0.4, -0.2) is 33.7 Å². The number of thiazole rings is 1. The lowest BCUT2D eigenvalue weighted by atomic mass is 10.1. The van der Waals surface area contributed by atoms with Crippen LogP contribution in [0.15, 0.2) is 22.6 Å². The van der Waals surface area contributed by atoms with Gasteiger partial charge in [-0.3, -0.25) is 4.79 Å². The number of hydrogen-bond acceptors (Lipinski definition) is 6. The summed E-state index contributed by atoms with van der Waals surface area (Å²) in [7, 11) is 1.76. The molecule has 3 rings (SSSR count). The summed E-state index contributed by atoms with van der Waals surface area (Å²) in [5, 5.41) is 6.74. The Morgan fingerprint density at radius 2 is 2.36 bits per heavy atom. The molecular weight excluding hydrogens is 298 g/mol. The lowest BCUT2D eigenvalue weighted by Crippen LogP contribution is -2.47. The van der Waals surface area contributed by atoms with Crippen LogP contribution in [0.25, 0.3) is 0 Å². The van der Waals surface area contributed by atoms with Gasteiger partial charge in [-0.05, 0) is 19.8 Å². The molecule has 0 amide bonds. The molecule has 2 aromatic heterocycles. The molecule has 2 aromatic rings. The molecule has 1 aliphatic rings. The molecule has 1 fully saturated rings. The summed E-state index contributed by atoms with van der Waals surface area (Å²) in [6.45, 7) is 4.51. The smallest absolute Gasteiger partial charge is 0.293 e. The number of hydrogen-bond donors (Lipinski definition) is 1. The molecule has 0 saturated carbocycles. The lowest BCUT2D eigenvalue weighted by molar-refractivity contribution is 0.418. The average molecular weight is 319 g/mol. The molecule has 118 valence electrons. The number of aromatic nitrogens is 3. The van der Waals surface area contributed by atoms with Crippen LogP contribution in [0.4, 0.5) is 5.82 Å². The number of nitrogens with zero attached hydrogens (tertiary/aromatic N) is 4. The Kier molecular flexibility index (Phi) is 4.54. The van der Waals surface area contributed by atoms with Gasteiger partial charge < -0.3 is 14.8 Å². The quantitative estimate of drug-likeness (QED) is 0.920. The standard InChI is InChI=1S/C15H21N5OS/c1-11-10-22-13(18-11)8-17-12-4-3-6-20(9-12)14-15(21)19(2)7-5-16-14/h5,7,10,12,17H,3-4,6,8-9H2,1-2H3/t12-/m0/s1. The van der Waals surface area contributed by atoms with Crippen LogP contribution >= 0.6 is 11.3 Å². The predicted molar refractivity (Wildman–Crippen MR) is 88.4 cm³/mol. The summed E-state index contributed by atoms with van der Waals surface area (Å²) in [6, 6.07) is 0.365. The van der Waals surface area contributed by atoms with E-state index in [0.29, 0.717) is 11.9 Å². The van der Waals surface area contributed by atoms with Crippen molar-refractivity contribution in [2.45, 2.75) is 32.4 Å². The molecule has 22 heavy (non-hydrogen) atoms. The van der Waals surface area contributed by atoms with Gasteiger partial charge in [0, 0.05) is 56.2 Å². The van der Waals surface area contributed by atoms with E-state index in [1.54, 1.807) is 35.3 Å². The number of nitrogens with one attached hydrogen (secondary N) is 1. The molecule has 0 spiro atoms. The topological polar surface area (TPSA) is 63.1 Å². The van der Waals surface area contributed by atoms with Gasteiger partial charge in [-0.15, -0.1) is 11.3 Å². The molecule has 1 aliphatic heterocycles. The lowest BCUT2D eigenvalue weighted by Gasteiger charge is -2.33. The average Bonchev–Trinajstić information content (AvgIpc) is 2.94. The van der Waals surface area contributed by atoms with E-state index in [1.807, 2.05) is 6.92 Å². The summed E-state index contributed by atoms with van der Waals surface area (Å²) < 4.78 is 1.58. The summed E-state index contributed by atoms with van der Waals surface area (Å²) >= 11 is 1.69. The van der Waals surface area contributed by atoms with E-state index in [-0.39, 0.29) is 5.56 Å². The minimum absolute atomic E-state index is 0.0290. The second-order valence-corrected chi connectivity index (χ2v) is 6.66. The molecule has 0 unspecified atom stereocenters. The van der Waals surface area contributed by atoms with Crippen molar-refractivity contribution < 1.29 is 0 Å². The maximum absolute atomic E-state index is 12.2. The van der Waals surface area contributed by atoms with E-state index >= 15 is 0 Å². The van der Waals surface area contributed by atoms with Crippen molar-refractivity contribution in [2.24, 2.45) is 7.05 Å². The Morgan fingerprint density at radius 1 is 1.50 bits per heavy atom. The van der Waals surface area contributed by atoms with Gasteiger partial charge in [-0.1, -0.05) is 0 Å². The third-order valence-electron chi connectivity index (χ3n) is 3.93. The number of rotatable bonds is 4. The first-order valence-corrected chi connectivity index (χ1v) is 8.42. The van der Waals surface area contributed by atoms with Crippen molar-refractivity contribution in [3.05, 3.63) is 38.8 Å². The molecule has 1 atom stereocenters. The molecule has 3 heterocycles. The maximum atomic E-state index is 12.2. The first kappa shape index (κ1) is 15.2. The van der Waals surface area contributed by atoms with E-state index in [0.717, 1.165) is 43.2 Å². The van der Waals surface area contributed by atoms with E-state index in [9.17, 15) is 4.79 Å². The van der Waals surface area contributed by atoms with E-state index in [2.05, 4.69) is 25.6 Å². The minimum Gasteiger partial charge on any atom is -0.350 e. The van der Waals surface area contributed by atoms with Crippen molar-refractivity contribution in [1.82, 2.24) is 19.9 Å². The molecule has 7 heteroatoms. The van der Waals surface area contributed by atoms with Gasteiger partial charge in [0.05, 0.1) is 0 Å². The number of aryl methyl sites for hydroxylation is 2. The van der Waals surface area contributed by atoms with Crippen molar-refractivity contribution in [3.8, 4) is 0 Å². The van der Waals surface area contributed by atoms with Gasteiger partial charge in [0.25, 0.3) is 5.56 Å². The van der Waals surface area contributed by atoms with Crippen molar-refractivity contribution in [2.75, 3.05) is 18.0 Å². The first-order chi connectivity index (χ1) is 10.6. The highest BCUT2D eigenvalue weighted by Gasteiger charge is 2.22. The third kappa shape index (κ3) is 3.36. The van der Waals surface area contributed by atoms with E-state index < -0.39 is 0 Å². The highest BCUT2D eigenvalue weighted by molar-refractivity contribution is 7.09. The van der Waals surface area contributed by atoms with Gasteiger partial charge in [0.2, 0.25) is 0 Å². The predicted octanol–water partition coefficient (Wildman–Crippen LogP) is 1.30. The van der Waals surface area contributed by atoms with Gasteiger partial charge in [-0.25, -0.2) is 9.97 Å². The SMILES string of the molecule is Cc1csc(CN[C@H]2CCCN(c3nccn(C)c3=O)C2)n1. The highest BCUT2D eigenvalue weighted by Crippen LogP contribution is 2.15. The van der Waals surface area contributed by atoms with E-state index in [1.165, 1.54) is 0 Å². The second kappa shape index (κ2) is 6.58. The van der Waals surface area contributed by atoms with Gasteiger partial charge in [0.1, 0.15) is 5.01 Å². The summed E-state index contributed by atoms with van der Waals surface area (Å²) in [4.78, 5) is 23.0. The Morgan fingerprint density at radius 3 is 3.14 bits per heavy atom. The Hall–Kier alpha value is -1.73. The largest absolute Gasteiger partial charge is 0.350 e. The zero-order valence-corrected chi connectivity index (χ0v) is 13.8. The minimum atomic E-state index is -0.0290. The first-order valence-electron chi connectivity index (χ1n) is 7.54. The molecule has 1 N–H and O–H groups in total. The maximum Gasteiger partial charge on any atom is 0.293 e.